The van der Waals surface area contributed by atoms with Crippen molar-refractivity contribution in [2.45, 2.75) is 33.3 Å². The van der Waals surface area contributed by atoms with Gasteiger partial charge in [-0.25, -0.2) is 0 Å². The minimum Gasteiger partial charge on any atom is -0.485 e. The van der Waals surface area contributed by atoms with Crippen molar-refractivity contribution in [1.29, 1.82) is 0 Å². The Balaban J connectivity index is 2.29. The molecule has 122 valence electrons. The summed E-state index contributed by atoms with van der Waals surface area (Å²) in [6, 6.07) is 11.2. The molecule has 2 rings (SSSR count). The number of ether oxygens (including phenoxy) is 3. The Morgan fingerprint density at radius 2 is 1.52 bits per heavy atom. The molecular weight excluding hydrogens is 296 g/mol. The molecule has 0 unspecified atom stereocenters. The fourth-order valence-corrected chi connectivity index (χ4v) is 2.22. The largest absolute Gasteiger partial charge is 0.485 e. The van der Waals surface area contributed by atoms with E-state index in [1.54, 1.807) is 26.0 Å². The molecule has 0 aliphatic heterocycles. The average molecular weight is 316 g/mol. The van der Waals surface area contributed by atoms with Crippen LogP contribution in [0.5, 0.6) is 11.5 Å². The zero-order chi connectivity index (χ0) is 17.0. The molecule has 0 fully saturated rings. The van der Waals surface area contributed by atoms with Crippen molar-refractivity contribution in [2.24, 2.45) is 0 Å². The second-order valence-corrected chi connectivity index (χ2v) is 5.88. The number of hydrogen-bond donors (Lipinski definition) is 0. The van der Waals surface area contributed by atoms with E-state index in [1.807, 2.05) is 24.3 Å². The summed E-state index contributed by atoms with van der Waals surface area (Å²) in [6.45, 7) is 6.32. The molecule has 0 spiro atoms. The lowest BCUT2D eigenvalue weighted by atomic mass is 10.1. The Hall–Kier alpha value is -2.56. The molecule has 0 N–H and O–H groups in total. The predicted octanol–water partition coefficient (Wildman–Crippen LogP) is 3.49. The molecule has 0 aliphatic rings. The average Bonchev–Trinajstić information content (AvgIpc) is 2.43. The highest BCUT2D eigenvalue weighted by Crippen LogP contribution is 2.33. The van der Waals surface area contributed by atoms with Crippen molar-refractivity contribution in [2.75, 3.05) is 6.61 Å². The van der Waals surface area contributed by atoms with Crippen molar-refractivity contribution < 1.29 is 23.8 Å². The van der Waals surface area contributed by atoms with Crippen molar-refractivity contribution in [1.82, 2.24) is 0 Å². The van der Waals surface area contributed by atoms with Gasteiger partial charge in [-0.05, 0) is 36.8 Å². The lowest BCUT2D eigenvalue weighted by Crippen LogP contribution is -2.34. The number of fused-ring (bicyclic) bond motifs is 1. The summed E-state index contributed by atoms with van der Waals surface area (Å²) in [4.78, 5) is 22.4. The Bertz CT molecular complexity index is 733. The van der Waals surface area contributed by atoms with E-state index >= 15 is 0 Å². The van der Waals surface area contributed by atoms with Gasteiger partial charge in [-0.15, -0.1) is 0 Å². The van der Waals surface area contributed by atoms with Crippen LogP contribution in [-0.4, -0.2) is 24.1 Å². The maximum absolute atomic E-state index is 11.3. The highest BCUT2D eigenvalue weighted by atomic mass is 16.6. The zero-order valence-corrected chi connectivity index (χ0v) is 13.7. The van der Waals surface area contributed by atoms with Gasteiger partial charge in [0, 0.05) is 13.8 Å². The number of carbonyl (C=O) groups is 2. The predicted molar refractivity (Wildman–Crippen MR) is 86.6 cm³/mol. The molecule has 0 aliphatic carbocycles. The van der Waals surface area contributed by atoms with E-state index in [9.17, 15) is 9.59 Å². The highest BCUT2D eigenvalue weighted by molar-refractivity contribution is 5.87. The van der Waals surface area contributed by atoms with Crippen LogP contribution >= 0.6 is 0 Å². The van der Waals surface area contributed by atoms with Crippen LogP contribution < -0.4 is 9.47 Å². The molecular formula is C18H20O5. The van der Waals surface area contributed by atoms with E-state index in [2.05, 4.69) is 0 Å². The van der Waals surface area contributed by atoms with E-state index in [0.29, 0.717) is 11.5 Å². The van der Waals surface area contributed by atoms with Gasteiger partial charge in [0.25, 0.3) is 0 Å². The van der Waals surface area contributed by atoms with E-state index in [0.717, 1.165) is 10.8 Å². The van der Waals surface area contributed by atoms with Crippen LogP contribution in [0.25, 0.3) is 10.8 Å². The molecule has 2 aromatic carbocycles. The summed E-state index contributed by atoms with van der Waals surface area (Å²) >= 11 is 0. The number of esters is 2. The Labute approximate surface area is 135 Å². The highest BCUT2D eigenvalue weighted by Gasteiger charge is 2.23. The molecule has 0 heterocycles. The first-order valence-electron chi connectivity index (χ1n) is 7.30. The number of hydrogen-bond acceptors (Lipinski definition) is 5. The van der Waals surface area contributed by atoms with Crippen LogP contribution in [0.15, 0.2) is 36.4 Å². The lowest BCUT2D eigenvalue weighted by molar-refractivity contribution is -0.156. The first-order chi connectivity index (χ1) is 10.8. The normalized spacial score (nSPS) is 11.1. The molecule has 5 nitrogen and oxygen atoms in total. The molecule has 2 aromatic rings. The Kier molecular flexibility index (Phi) is 4.89. The van der Waals surface area contributed by atoms with Gasteiger partial charge in [0.05, 0.1) is 0 Å². The summed E-state index contributed by atoms with van der Waals surface area (Å²) in [6.07, 6.45) is 0. The summed E-state index contributed by atoms with van der Waals surface area (Å²) in [7, 11) is 0. The molecule has 0 radical (unpaired) electrons. The molecule has 0 amide bonds. The minimum absolute atomic E-state index is 0.138. The SMILES string of the molecule is CC(=O)Oc1cc2ccccc2cc1OCC(C)(C)OC(C)=O. The fourth-order valence-electron chi connectivity index (χ4n) is 2.22. The summed E-state index contributed by atoms with van der Waals surface area (Å²) in [5, 5.41) is 1.90. The number of rotatable bonds is 5. The quantitative estimate of drug-likeness (QED) is 0.624. The maximum atomic E-state index is 11.3. The Morgan fingerprint density at radius 1 is 0.957 bits per heavy atom. The van der Waals surface area contributed by atoms with Gasteiger partial charge >= 0.3 is 11.9 Å². The van der Waals surface area contributed by atoms with Gasteiger partial charge < -0.3 is 14.2 Å². The van der Waals surface area contributed by atoms with E-state index < -0.39 is 11.6 Å². The number of carbonyl (C=O) groups excluding carboxylic acids is 2. The summed E-state index contributed by atoms with van der Waals surface area (Å²) < 4.78 is 16.2. The van der Waals surface area contributed by atoms with E-state index in [4.69, 9.17) is 14.2 Å². The van der Waals surface area contributed by atoms with E-state index in [-0.39, 0.29) is 12.6 Å². The molecule has 0 saturated carbocycles. The second kappa shape index (κ2) is 6.69. The molecule has 0 bridgehead atoms. The summed E-state index contributed by atoms with van der Waals surface area (Å²) in [5.74, 6) is -0.0318. The standard InChI is InChI=1S/C18H20O5/c1-12(19)22-17-10-15-8-6-5-7-14(15)9-16(17)21-11-18(3,4)23-13(2)20/h5-10H,11H2,1-4H3. The van der Waals surface area contributed by atoms with Crippen molar-refractivity contribution in [3.05, 3.63) is 36.4 Å². The molecule has 0 saturated heterocycles. The van der Waals surface area contributed by atoms with Crippen molar-refractivity contribution in [3.8, 4) is 11.5 Å². The lowest BCUT2D eigenvalue weighted by Gasteiger charge is -2.25. The molecule has 23 heavy (non-hydrogen) atoms. The van der Waals surface area contributed by atoms with Crippen molar-refractivity contribution >= 4 is 22.7 Å². The van der Waals surface area contributed by atoms with Gasteiger partial charge in [0.2, 0.25) is 0 Å². The van der Waals surface area contributed by atoms with Crippen LogP contribution in [0, 0.1) is 0 Å². The molecule has 0 aromatic heterocycles. The van der Waals surface area contributed by atoms with Gasteiger partial charge in [0.15, 0.2) is 11.5 Å². The van der Waals surface area contributed by atoms with Gasteiger partial charge in [0.1, 0.15) is 12.2 Å². The van der Waals surface area contributed by atoms with Crippen LogP contribution in [0.4, 0.5) is 0 Å². The topological polar surface area (TPSA) is 61.8 Å². The number of benzene rings is 2. The van der Waals surface area contributed by atoms with Gasteiger partial charge in [-0.2, -0.15) is 0 Å². The third kappa shape index (κ3) is 4.71. The first-order valence-corrected chi connectivity index (χ1v) is 7.30. The monoisotopic (exact) mass is 316 g/mol. The van der Waals surface area contributed by atoms with Crippen LogP contribution in [0.3, 0.4) is 0 Å². The van der Waals surface area contributed by atoms with Crippen LogP contribution in [-0.2, 0) is 14.3 Å². The van der Waals surface area contributed by atoms with Gasteiger partial charge in [-0.3, -0.25) is 9.59 Å². The summed E-state index contributed by atoms with van der Waals surface area (Å²) in [5.41, 5.74) is -0.787. The van der Waals surface area contributed by atoms with Gasteiger partial charge in [-0.1, -0.05) is 24.3 Å². The maximum Gasteiger partial charge on any atom is 0.308 e. The molecule has 0 atom stereocenters. The van der Waals surface area contributed by atoms with Crippen molar-refractivity contribution in [3.63, 3.8) is 0 Å². The zero-order valence-electron chi connectivity index (χ0n) is 13.7. The second-order valence-electron chi connectivity index (χ2n) is 5.88. The van der Waals surface area contributed by atoms with Crippen LogP contribution in [0.2, 0.25) is 0 Å². The van der Waals surface area contributed by atoms with Crippen LogP contribution in [0.1, 0.15) is 27.7 Å². The smallest absolute Gasteiger partial charge is 0.308 e. The fraction of sp³-hybridized carbons (Fsp3) is 0.333. The Morgan fingerprint density at radius 3 is 2.04 bits per heavy atom. The minimum atomic E-state index is -0.787. The third-order valence-corrected chi connectivity index (χ3v) is 3.06. The third-order valence-electron chi connectivity index (χ3n) is 3.06. The first kappa shape index (κ1) is 16.8. The van der Waals surface area contributed by atoms with E-state index in [1.165, 1.54) is 13.8 Å². The molecule has 5 heteroatoms.